The van der Waals surface area contributed by atoms with E-state index in [1.54, 1.807) is 32.5 Å². The molecule has 3 rings (SSSR count). The van der Waals surface area contributed by atoms with Gasteiger partial charge in [0.05, 0.1) is 38.2 Å². The molecule has 1 aromatic heterocycles. The Balaban J connectivity index is 2.13. The van der Waals surface area contributed by atoms with Crippen LogP contribution in [0.3, 0.4) is 0 Å². The number of benzene rings is 2. The predicted octanol–water partition coefficient (Wildman–Crippen LogP) is 4.70. The van der Waals surface area contributed by atoms with Crippen LogP contribution in [0.25, 0.3) is 21.6 Å². The minimum absolute atomic E-state index is 0.338. The second-order valence-corrected chi connectivity index (χ2v) is 10.3. The zero-order chi connectivity index (χ0) is 21.9. The van der Waals surface area contributed by atoms with Crippen LogP contribution in [0.1, 0.15) is 0 Å². The van der Waals surface area contributed by atoms with Crippen molar-refractivity contribution in [2.75, 3.05) is 28.4 Å². The molecule has 8 nitrogen and oxygen atoms in total. The fourth-order valence-electron chi connectivity index (χ4n) is 2.91. The molecule has 3 aromatic rings. The van der Waals surface area contributed by atoms with E-state index in [0.717, 1.165) is 21.6 Å². The highest BCUT2D eigenvalue weighted by atomic mass is 32.7. The van der Waals surface area contributed by atoms with Crippen molar-refractivity contribution in [1.29, 1.82) is 0 Å². The van der Waals surface area contributed by atoms with E-state index in [9.17, 15) is 14.4 Å². The Labute approximate surface area is 181 Å². The van der Waals surface area contributed by atoms with Crippen LogP contribution in [0.5, 0.6) is 23.0 Å². The van der Waals surface area contributed by atoms with Gasteiger partial charge in [0.25, 0.3) is 0 Å². The molecule has 30 heavy (non-hydrogen) atoms. The van der Waals surface area contributed by atoms with E-state index in [2.05, 4.69) is 4.37 Å². The van der Waals surface area contributed by atoms with E-state index in [-0.39, 0.29) is 0 Å². The van der Waals surface area contributed by atoms with Gasteiger partial charge < -0.3 is 28.7 Å². The van der Waals surface area contributed by atoms with E-state index >= 15 is 0 Å². The summed E-state index contributed by atoms with van der Waals surface area (Å²) in [5.41, 5.74) is 2.34. The Morgan fingerprint density at radius 3 is 2.07 bits per heavy atom. The normalized spacial score (nSPS) is 11.3. The zero-order valence-corrected chi connectivity index (χ0v) is 19.1. The molecule has 0 atom stereocenters. The van der Waals surface area contributed by atoms with Crippen LogP contribution in [0, 0.1) is 0 Å². The van der Waals surface area contributed by atoms with Crippen molar-refractivity contribution < 1.29 is 33.3 Å². The summed E-state index contributed by atoms with van der Waals surface area (Å²) in [6.45, 7) is -4.35. The summed E-state index contributed by atoms with van der Waals surface area (Å²) in [5.74, 6) is 1.89. The fourth-order valence-corrected chi connectivity index (χ4v) is 5.54. The lowest BCUT2D eigenvalue weighted by atomic mass is 10.0. The largest absolute Gasteiger partial charge is 0.496 e. The Kier molecular flexibility index (Phi) is 6.95. The van der Waals surface area contributed by atoms with Gasteiger partial charge >= 0.3 is 6.80 Å². The van der Waals surface area contributed by atoms with Crippen LogP contribution in [0.2, 0.25) is 0 Å². The van der Waals surface area contributed by atoms with Crippen LogP contribution in [-0.2, 0) is 4.57 Å². The molecule has 0 unspecified atom stereocenters. The van der Waals surface area contributed by atoms with Crippen molar-refractivity contribution in [1.82, 2.24) is 4.37 Å². The summed E-state index contributed by atoms with van der Waals surface area (Å²) in [6.07, 6.45) is 1.71. The third-order valence-electron chi connectivity index (χ3n) is 4.19. The second kappa shape index (κ2) is 9.28. The number of ether oxygens (including phenoxy) is 4. The highest BCUT2D eigenvalue weighted by molar-refractivity contribution is 8.54. The predicted molar refractivity (Wildman–Crippen MR) is 117 cm³/mol. The quantitative estimate of drug-likeness (QED) is 0.454. The van der Waals surface area contributed by atoms with Gasteiger partial charge in [-0.25, -0.2) is 4.57 Å². The first-order valence-corrected chi connectivity index (χ1v) is 12.3. The van der Waals surface area contributed by atoms with Crippen molar-refractivity contribution in [3.63, 3.8) is 0 Å². The molecular formula is C19H20NO7PS2. The third kappa shape index (κ3) is 4.74. The van der Waals surface area contributed by atoms with Gasteiger partial charge in [0.15, 0.2) is 11.5 Å². The summed E-state index contributed by atoms with van der Waals surface area (Å²) < 4.78 is 37.3. The summed E-state index contributed by atoms with van der Waals surface area (Å²) in [4.78, 5) is 19.9. The number of rotatable bonds is 8. The Morgan fingerprint density at radius 1 is 0.900 bits per heavy atom. The average molecular weight is 469 g/mol. The number of hydrogen-bond acceptors (Lipinski definition) is 8. The molecule has 2 N–H and O–H groups in total. The molecule has 0 spiro atoms. The summed E-state index contributed by atoms with van der Waals surface area (Å²) in [6, 6.07) is 8.81. The lowest BCUT2D eigenvalue weighted by Gasteiger charge is -2.14. The Bertz CT molecular complexity index is 1070. The molecule has 0 radical (unpaired) electrons. The van der Waals surface area contributed by atoms with E-state index in [1.165, 1.54) is 25.8 Å². The first kappa shape index (κ1) is 22.5. The molecule has 0 saturated carbocycles. The smallest absolute Gasteiger partial charge is 0.388 e. The molecule has 11 heteroatoms. The first-order valence-electron chi connectivity index (χ1n) is 8.50. The zero-order valence-electron chi connectivity index (χ0n) is 16.6. The minimum Gasteiger partial charge on any atom is -0.496 e. The second-order valence-electron chi connectivity index (χ2n) is 5.93. The average Bonchev–Trinajstić information content (AvgIpc) is 3.21. The topological polar surface area (TPSA) is 107 Å². The molecule has 2 aromatic carbocycles. The van der Waals surface area contributed by atoms with Crippen LogP contribution in [0.15, 0.2) is 41.4 Å². The molecule has 0 saturated heterocycles. The maximum absolute atomic E-state index is 11.5. The Hall–Kier alpha value is -2.23. The molecule has 0 fully saturated rings. The van der Waals surface area contributed by atoms with Crippen molar-refractivity contribution in [2.45, 2.75) is 4.90 Å². The lowest BCUT2D eigenvalue weighted by molar-refractivity contribution is 0.324. The maximum atomic E-state index is 11.5. The molecule has 1 heterocycles. The van der Waals surface area contributed by atoms with Crippen molar-refractivity contribution in [3.8, 4) is 44.6 Å². The number of nitrogens with zero attached hydrogens (tertiary/aromatic N) is 1. The van der Waals surface area contributed by atoms with Gasteiger partial charge in [-0.15, -0.1) is 0 Å². The highest BCUT2D eigenvalue weighted by Crippen LogP contribution is 2.57. The van der Waals surface area contributed by atoms with Crippen molar-refractivity contribution in [2.24, 2.45) is 0 Å². The number of methoxy groups -OCH3 is 4. The lowest BCUT2D eigenvalue weighted by Crippen LogP contribution is -1.95. The summed E-state index contributed by atoms with van der Waals surface area (Å²) >= 11 is 1.74. The van der Waals surface area contributed by atoms with Gasteiger partial charge in [0.1, 0.15) is 5.75 Å². The molecule has 160 valence electrons. The van der Waals surface area contributed by atoms with Gasteiger partial charge in [-0.3, -0.25) is 0 Å². The van der Waals surface area contributed by atoms with E-state index in [1.807, 2.05) is 18.2 Å². The number of hydrogen-bond donors (Lipinski definition) is 2. The molecule has 0 aliphatic carbocycles. The van der Waals surface area contributed by atoms with Crippen molar-refractivity contribution in [3.05, 3.63) is 36.5 Å². The van der Waals surface area contributed by atoms with Crippen LogP contribution >= 0.6 is 29.7 Å². The van der Waals surface area contributed by atoms with E-state index < -0.39 is 6.80 Å². The van der Waals surface area contributed by atoms with Crippen LogP contribution in [0.4, 0.5) is 0 Å². The van der Waals surface area contributed by atoms with Gasteiger partial charge in [-0.2, -0.15) is 4.37 Å². The first-order chi connectivity index (χ1) is 14.3. The van der Waals surface area contributed by atoms with Gasteiger partial charge in [-0.05, 0) is 52.7 Å². The van der Waals surface area contributed by atoms with E-state index in [4.69, 9.17) is 18.9 Å². The van der Waals surface area contributed by atoms with Gasteiger partial charge in [0, 0.05) is 17.3 Å². The highest BCUT2D eigenvalue weighted by Gasteiger charge is 2.22. The van der Waals surface area contributed by atoms with E-state index in [0.29, 0.717) is 39.3 Å². The van der Waals surface area contributed by atoms with Crippen LogP contribution < -0.4 is 18.9 Å². The van der Waals surface area contributed by atoms with Crippen molar-refractivity contribution >= 4 is 29.7 Å². The molecular weight excluding hydrogens is 449 g/mol. The molecule has 0 bridgehead atoms. The maximum Gasteiger partial charge on any atom is 0.388 e. The number of aromatic nitrogens is 1. The fraction of sp³-hybridized carbons (Fsp3) is 0.211. The van der Waals surface area contributed by atoms with Crippen LogP contribution in [-0.4, -0.2) is 42.6 Å². The molecule has 0 aliphatic rings. The standard InChI is InChI=1S/C19H20NO7PS2/c1-24-14-6-5-11(9-17(14)30-28(21,22)23)13-10-20-29-19(13)12-7-15(25-2)18(27-4)16(8-12)26-3/h5-10H,1-4H3,(H2,21,22,23). The minimum atomic E-state index is -4.35. The summed E-state index contributed by atoms with van der Waals surface area (Å²) in [5, 5.41) is 0. The van der Waals surface area contributed by atoms with Gasteiger partial charge in [-0.1, -0.05) is 6.07 Å². The summed E-state index contributed by atoms with van der Waals surface area (Å²) in [7, 11) is 6.08. The SMILES string of the molecule is COc1ccc(-c2cnsc2-c2cc(OC)c(OC)c(OC)c2)cc1SP(=O)(O)O. The molecule has 0 aliphatic heterocycles. The third-order valence-corrected chi connectivity index (χ3v) is 7.10. The molecule has 0 amide bonds. The Morgan fingerprint density at radius 2 is 1.53 bits per heavy atom. The monoisotopic (exact) mass is 469 g/mol. The van der Waals surface area contributed by atoms with Gasteiger partial charge in [0.2, 0.25) is 5.75 Å².